The highest BCUT2D eigenvalue weighted by Crippen LogP contribution is 2.28. The second-order valence-electron chi connectivity index (χ2n) is 4.64. The van der Waals surface area contributed by atoms with Crippen molar-refractivity contribution in [3.8, 4) is 10.8 Å². The molecule has 0 aliphatic rings. The van der Waals surface area contributed by atoms with E-state index in [9.17, 15) is 4.79 Å². The van der Waals surface area contributed by atoms with Crippen LogP contribution in [0.4, 0.5) is 0 Å². The minimum Gasteiger partial charge on any atom is -0.344 e. The van der Waals surface area contributed by atoms with Gasteiger partial charge in [-0.3, -0.25) is 4.79 Å². The molecule has 2 aromatic rings. The number of carbonyl (C=O) groups excluding carboxylic acids is 1. The van der Waals surface area contributed by atoms with Gasteiger partial charge in [-0.05, 0) is 32.9 Å². The summed E-state index contributed by atoms with van der Waals surface area (Å²) in [6.07, 6.45) is 0. The molecule has 0 spiro atoms. The molecule has 0 atom stereocenters. The zero-order valence-corrected chi connectivity index (χ0v) is 11.6. The normalized spacial score (nSPS) is 11.6. The van der Waals surface area contributed by atoms with Gasteiger partial charge in [-0.2, -0.15) is 4.98 Å². The zero-order chi connectivity index (χ0) is 13.3. The molecular formula is C12H15N3O2S. The number of rotatable bonds is 3. The van der Waals surface area contributed by atoms with E-state index in [1.807, 2.05) is 32.9 Å². The summed E-state index contributed by atoms with van der Waals surface area (Å²) in [6, 6.07) is 3.95. The SMILES string of the molecule is CC(=O)NC(C)(C)c1noc(-c2ccc(C)s2)n1. The third-order valence-electron chi connectivity index (χ3n) is 2.42. The van der Waals surface area contributed by atoms with Gasteiger partial charge in [-0.1, -0.05) is 5.16 Å². The van der Waals surface area contributed by atoms with Crippen molar-refractivity contribution in [3.05, 3.63) is 22.8 Å². The van der Waals surface area contributed by atoms with Crippen molar-refractivity contribution in [3.63, 3.8) is 0 Å². The molecule has 0 saturated carbocycles. The van der Waals surface area contributed by atoms with Crippen LogP contribution in [-0.4, -0.2) is 16.0 Å². The number of hydrogen-bond acceptors (Lipinski definition) is 5. The van der Waals surface area contributed by atoms with Crippen LogP contribution in [0, 0.1) is 6.92 Å². The molecule has 0 radical (unpaired) electrons. The van der Waals surface area contributed by atoms with Crippen molar-refractivity contribution in [1.29, 1.82) is 0 Å². The van der Waals surface area contributed by atoms with Crippen LogP contribution in [0.5, 0.6) is 0 Å². The Hall–Kier alpha value is -1.69. The summed E-state index contributed by atoms with van der Waals surface area (Å²) in [7, 11) is 0. The first-order chi connectivity index (χ1) is 8.38. The second kappa shape index (κ2) is 4.53. The van der Waals surface area contributed by atoms with Gasteiger partial charge in [0.2, 0.25) is 5.91 Å². The summed E-state index contributed by atoms with van der Waals surface area (Å²) in [5.74, 6) is 0.832. The Bertz CT molecular complexity index is 571. The number of aromatic nitrogens is 2. The van der Waals surface area contributed by atoms with Crippen molar-refractivity contribution < 1.29 is 9.32 Å². The first-order valence-corrected chi connectivity index (χ1v) is 6.40. The number of carbonyl (C=O) groups is 1. The van der Waals surface area contributed by atoms with Gasteiger partial charge in [0.25, 0.3) is 5.89 Å². The number of nitrogens with one attached hydrogen (secondary N) is 1. The quantitative estimate of drug-likeness (QED) is 0.925. The van der Waals surface area contributed by atoms with Gasteiger partial charge in [0.15, 0.2) is 5.82 Å². The Labute approximate surface area is 109 Å². The maximum Gasteiger partial charge on any atom is 0.268 e. The maximum absolute atomic E-state index is 11.1. The topological polar surface area (TPSA) is 68.0 Å². The summed E-state index contributed by atoms with van der Waals surface area (Å²) in [5.41, 5.74) is -0.639. The van der Waals surface area contributed by atoms with E-state index in [2.05, 4.69) is 15.5 Å². The van der Waals surface area contributed by atoms with Gasteiger partial charge in [-0.15, -0.1) is 11.3 Å². The Morgan fingerprint density at radius 1 is 1.44 bits per heavy atom. The molecule has 5 nitrogen and oxygen atoms in total. The van der Waals surface area contributed by atoms with Crippen LogP contribution in [0.3, 0.4) is 0 Å². The lowest BCUT2D eigenvalue weighted by atomic mass is 10.1. The smallest absolute Gasteiger partial charge is 0.268 e. The molecule has 0 aliphatic heterocycles. The van der Waals surface area contributed by atoms with Crippen LogP contribution in [0.2, 0.25) is 0 Å². The van der Waals surface area contributed by atoms with Crippen LogP contribution in [-0.2, 0) is 10.3 Å². The van der Waals surface area contributed by atoms with Crippen molar-refractivity contribution >= 4 is 17.2 Å². The number of hydrogen-bond donors (Lipinski definition) is 1. The van der Waals surface area contributed by atoms with Crippen LogP contribution in [0.25, 0.3) is 10.8 Å². The molecule has 0 aliphatic carbocycles. The average molecular weight is 265 g/mol. The highest BCUT2D eigenvalue weighted by Gasteiger charge is 2.28. The number of aryl methyl sites for hydroxylation is 1. The van der Waals surface area contributed by atoms with E-state index in [0.717, 1.165) is 4.88 Å². The van der Waals surface area contributed by atoms with E-state index in [4.69, 9.17) is 4.52 Å². The van der Waals surface area contributed by atoms with Crippen LogP contribution in [0.15, 0.2) is 16.7 Å². The summed E-state index contributed by atoms with van der Waals surface area (Å²) in [6.45, 7) is 7.16. The standard InChI is InChI=1S/C12H15N3O2S/c1-7-5-6-9(18-7)10-13-11(15-17-10)12(3,4)14-8(2)16/h5-6H,1-4H3,(H,14,16). The molecule has 6 heteroatoms. The number of thiophene rings is 1. The predicted octanol–water partition coefficient (Wildman–Crippen LogP) is 2.48. The fraction of sp³-hybridized carbons (Fsp3) is 0.417. The van der Waals surface area contributed by atoms with Gasteiger partial charge < -0.3 is 9.84 Å². The Balaban J connectivity index is 2.27. The fourth-order valence-electron chi connectivity index (χ4n) is 1.62. The van der Waals surface area contributed by atoms with Gasteiger partial charge in [0.1, 0.15) is 0 Å². The predicted molar refractivity (Wildman–Crippen MR) is 69.2 cm³/mol. The van der Waals surface area contributed by atoms with E-state index >= 15 is 0 Å². The third kappa shape index (κ3) is 2.59. The maximum atomic E-state index is 11.1. The van der Waals surface area contributed by atoms with Crippen molar-refractivity contribution in [2.75, 3.05) is 0 Å². The molecule has 18 heavy (non-hydrogen) atoms. The summed E-state index contributed by atoms with van der Waals surface area (Å²) in [5, 5.41) is 6.72. The minimum absolute atomic E-state index is 0.127. The fourth-order valence-corrected chi connectivity index (χ4v) is 2.41. The number of amides is 1. The van der Waals surface area contributed by atoms with E-state index in [-0.39, 0.29) is 5.91 Å². The Morgan fingerprint density at radius 2 is 2.17 bits per heavy atom. The molecule has 2 aromatic heterocycles. The highest BCUT2D eigenvalue weighted by atomic mass is 32.1. The average Bonchev–Trinajstić information content (AvgIpc) is 2.83. The Kier molecular flexibility index (Phi) is 3.21. The molecule has 0 aromatic carbocycles. The van der Waals surface area contributed by atoms with E-state index < -0.39 is 5.54 Å². The molecule has 1 N–H and O–H groups in total. The van der Waals surface area contributed by atoms with Crippen molar-refractivity contribution in [2.45, 2.75) is 33.2 Å². The van der Waals surface area contributed by atoms with Gasteiger partial charge in [-0.25, -0.2) is 0 Å². The largest absolute Gasteiger partial charge is 0.344 e. The third-order valence-corrected chi connectivity index (χ3v) is 3.41. The first-order valence-electron chi connectivity index (χ1n) is 5.58. The monoisotopic (exact) mass is 265 g/mol. The Morgan fingerprint density at radius 3 is 2.72 bits per heavy atom. The second-order valence-corrected chi connectivity index (χ2v) is 5.93. The van der Waals surface area contributed by atoms with Gasteiger partial charge >= 0.3 is 0 Å². The molecule has 96 valence electrons. The van der Waals surface area contributed by atoms with E-state index in [1.165, 1.54) is 11.8 Å². The van der Waals surface area contributed by atoms with E-state index in [1.54, 1.807) is 11.3 Å². The summed E-state index contributed by atoms with van der Waals surface area (Å²) >= 11 is 1.60. The molecule has 2 heterocycles. The minimum atomic E-state index is -0.639. The molecule has 0 bridgehead atoms. The molecule has 0 unspecified atom stereocenters. The van der Waals surface area contributed by atoms with Gasteiger partial charge in [0.05, 0.1) is 10.4 Å². The van der Waals surface area contributed by atoms with Crippen molar-refractivity contribution in [2.24, 2.45) is 0 Å². The summed E-state index contributed by atoms with van der Waals surface area (Å²) in [4.78, 5) is 17.6. The first kappa shape index (κ1) is 12.8. The molecule has 0 saturated heterocycles. The highest BCUT2D eigenvalue weighted by molar-refractivity contribution is 7.15. The number of nitrogens with zero attached hydrogens (tertiary/aromatic N) is 2. The lowest BCUT2D eigenvalue weighted by Gasteiger charge is -2.20. The van der Waals surface area contributed by atoms with Gasteiger partial charge in [0, 0.05) is 11.8 Å². The van der Waals surface area contributed by atoms with Crippen LogP contribution < -0.4 is 5.32 Å². The lowest BCUT2D eigenvalue weighted by Crippen LogP contribution is -2.40. The molecular weight excluding hydrogens is 250 g/mol. The van der Waals surface area contributed by atoms with Crippen LogP contribution >= 0.6 is 11.3 Å². The van der Waals surface area contributed by atoms with E-state index in [0.29, 0.717) is 11.7 Å². The summed E-state index contributed by atoms with van der Waals surface area (Å²) < 4.78 is 5.23. The molecule has 0 fully saturated rings. The lowest BCUT2D eigenvalue weighted by molar-refractivity contribution is -0.120. The van der Waals surface area contributed by atoms with Crippen molar-refractivity contribution in [1.82, 2.24) is 15.5 Å². The molecule has 2 rings (SSSR count). The molecule has 1 amide bonds. The zero-order valence-electron chi connectivity index (χ0n) is 10.8. The van der Waals surface area contributed by atoms with Crippen LogP contribution in [0.1, 0.15) is 31.5 Å².